The Morgan fingerprint density at radius 2 is 1.91 bits per heavy atom. The van der Waals surface area contributed by atoms with Crippen LogP contribution >= 0.6 is 0 Å². The van der Waals surface area contributed by atoms with Gasteiger partial charge in [0.1, 0.15) is 0 Å². The first-order valence-corrected chi connectivity index (χ1v) is 8.39. The monoisotopic (exact) mass is 320 g/mol. The molecule has 1 aliphatic heterocycles. The van der Waals surface area contributed by atoms with Gasteiger partial charge in [0, 0.05) is 19.6 Å². The van der Waals surface area contributed by atoms with E-state index in [1.54, 1.807) is 6.07 Å². The van der Waals surface area contributed by atoms with Gasteiger partial charge in [-0.25, -0.2) is 0 Å². The van der Waals surface area contributed by atoms with Crippen molar-refractivity contribution in [3.63, 3.8) is 0 Å². The van der Waals surface area contributed by atoms with Crippen LogP contribution in [0.3, 0.4) is 0 Å². The fraction of sp³-hybridized carbons (Fsp3) is 0.647. The van der Waals surface area contributed by atoms with E-state index < -0.39 is 11.7 Å². The number of amides is 1. The molecule has 2 aliphatic rings. The van der Waals surface area contributed by atoms with Crippen molar-refractivity contribution in [3.05, 3.63) is 24.2 Å². The number of rotatable bonds is 5. The van der Waals surface area contributed by atoms with Crippen molar-refractivity contribution >= 4 is 11.7 Å². The molecule has 1 amide bonds. The molecular weight excluding hydrogens is 296 g/mol. The molecule has 0 spiro atoms. The minimum atomic E-state index is -0.595. The molecule has 0 atom stereocenters. The Hall–Kier alpha value is -1.66. The number of furan rings is 1. The average molecular weight is 320 g/mol. The number of hydrogen-bond acceptors (Lipinski definition) is 5. The van der Waals surface area contributed by atoms with Crippen molar-refractivity contribution in [1.29, 1.82) is 0 Å². The van der Waals surface area contributed by atoms with Crippen molar-refractivity contribution in [2.45, 2.75) is 37.6 Å². The lowest BCUT2D eigenvalue weighted by atomic mass is 9.81. The van der Waals surface area contributed by atoms with Gasteiger partial charge in [0.2, 0.25) is 0 Å². The molecule has 0 bridgehead atoms. The van der Waals surface area contributed by atoms with E-state index in [4.69, 9.17) is 9.15 Å². The Morgan fingerprint density at radius 1 is 1.17 bits per heavy atom. The molecule has 2 heterocycles. The number of Topliss-reactive ketones (excluding diaryl/α,β-unsaturated/α-hetero) is 1. The molecule has 0 unspecified atom stereocenters. The normalized spacial score (nSPS) is 21.7. The third-order valence-electron chi connectivity index (χ3n) is 4.77. The van der Waals surface area contributed by atoms with Gasteiger partial charge in [-0.05, 0) is 25.0 Å². The molecule has 0 aromatic carbocycles. The van der Waals surface area contributed by atoms with E-state index in [9.17, 15) is 9.59 Å². The van der Waals surface area contributed by atoms with Crippen LogP contribution in [0.2, 0.25) is 0 Å². The summed E-state index contributed by atoms with van der Waals surface area (Å²) in [5.41, 5.74) is -0.311. The summed E-state index contributed by atoms with van der Waals surface area (Å²) < 4.78 is 10.4. The van der Waals surface area contributed by atoms with Gasteiger partial charge in [-0.15, -0.1) is 0 Å². The van der Waals surface area contributed by atoms with Crippen molar-refractivity contribution in [2.75, 3.05) is 32.8 Å². The van der Waals surface area contributed by atoms with Crippen LogP contribution in [0.15, 0.2) is 22.8 Å². The number of carbonyl (C=O) groups is 2. The lowest BCUT2D eigenvalue weighted by molar-refractivity contribution is -0.119. The van der Waals surface area contributed by atoms with Crippen molar-refractivity contribution < 1.29 is 18.7 Å². The maximum atomic E-state index is 12.4. The molecule has 0 radical (unpaired) electrons. The molecule has 6 nitrogen and oxygen atoms in total. The first-order valence-electron chi connectivity index (χ1n) is 8.39. The third-order valence-corrected chi connectivity index (χ3v) is 4.77. The van der Waals surface area contributed by atoms with Gasteiger partial charge in [-0.2, -0.15) is 0 Å². The zero-order valence-electron chi connectivity index (χ0n) is 13.4. The number of nitrogens with zero attached hydrogens (tertiary/aromatic N) is 1. The fourth-order valence-electron chi connectivity index (χ4n) is 3.56. The van der Waals surface area contributed by atoms with Crippen LogP contribution in [0.1, 0.15) is 42.7 Å². The highest BCUT2D eigenvalue weighted by Crippen LogP contribution is 2.29. The maximum Gasteiger partial charge on any atom is 0.296 e. The molecule has 1 saturated carbocycles. The van der Waals surface area contributed by atoms with Gasteiger partial charge in [-0.1, -0.05) is 19.3 Å². The van der Waals surface area contributed by atoms with Crippen LogP contribution in [0.25, 0.3) is 0 Å². The molecule has 2 fully saturated rings. The molecule has 1 N–H and O–H groups in total. The smallest absolute Gasteiger partial charge is 0.296 e. The number of ketones is 1. The van der Waals surface area contributed by atoms with Crippen molar-refractivity contribution in [2.24, 2.45) is 0 Å². The van der Waals surface area contributed by atoms with Crippen LogP contribution in [0.4, 0.5) is 0 Å². The second kappa shape index (κ2) is 7.27. The molecule has 3 rings (SSSR count). The van der Waals surface area contributed by atoms with Gasteiger partial charge >= 0.3 is 0 Å². The predicted octanol–water partition coefficient (Wildman–Crippen LogP) is 1.61. The summed E-state index contributed by atoms with van der Waals surface area (Å²) in [6.07, 6.45) is 6.60. The molecule has 1 aromatic heterocycles. The van der Waals surface area contributed by atoms with Crippen molar-refractivity contribution in [3.8, 4) is 0 Å². The van der Waals surface area contributed by atoms with E-state index in [2.05, 4.69) is 10.2 Å². The summed E-state index contributed by atoms with van der Waals surface area (Å²) in [6.45, 7) is 4.01. The number of carbonyl (C=O) groups excluding carboxylic acids is 2. The van der Waals surface area contributed by atoms with Crippen LogP contribution in [0.5, 0.6) is 0 Å². The lowest BCUT2D eigenvalue weighted by Gasteiger charge is -2.42. The number of hydrogen-bond donors (Lipinski definition) is 1. The van der Waals surface area contributed by atoms with Gasteiger partial charge in [0.25, 0.3) is 11.7 Å². The van der Waals surface area contributed by atoms with Crippen LogP contribution in [-0.4, -0.2) is 55.0 Å². The summed E-state index contributed by atoms with van der Waals surface area (Å²) in [6, 6.07) is 3.14. The molecule has 1 saturated heterocycles. The third kappa shape index (κ3) is 4.00. The number of morpholine rings is 1. The lowest BCUT2D eigenvalue weighted by Crippen LogP contribution is -2.59. The topological polar surface area (TPSA) is 71.8 Å². The average Bonchev–Trinajstić information content (AvgIpc) is 3.10. The van der Waals surface area contributed by atoms with Crippen LogP contribution < -0.4 is 5.32 Å². The van der Waals surface area contributed by atoms with E-state index >= 15 is 0 Å². The Balaban J connectivity index is 1.68. The van der Waals surface area contributed by atoms with Gasteiger partial charge < -0.3 is 14.5 Å². The molecule has 126 valence electrons. The van der Waals surface area contributed by atoms with E-state index in [0.29, 0.717) is 0 Å². The fourth-order valence-corrected chi connectivity index (χ4v) is 3.56. The van der Waals surface area contributed by atoms with E-state index in [0.717, 1.165) is 58.5 Å². The van der Waals surface area contributed by atoms with E-state index in [1.807, 2.05) is 0 Å². The van der Waals surface area contributed by atoms with Crippen molar-refractivity contribution in [1.82, 2.24) is 10.2 Å². The molecule has 23 heavy (non-hydrogen) atoms. The molecule has 1 aliphatic carbocycles. The van der Waals surface area contributed by atoms with E-state index in [-0.39, 0.29) is 11.3 Å². The second-order valence-electron chi connectivity index (χ2n) is 6.49. The Labute approximate surface area is 136 Å². The second-order valence-corrected chi connectivity index (χ2v) is 6.49. The summed E-state index contributed by atoms with van der Waals surface area (Å²) in [5, 5.41) is 3.04. The molecular formula is C17H24N2O4. The van der Waals surface area contributed by atoms with Gasteiger partial charge in [0.15, 0.2) is 5.76 Å². The minimum Gasteiger partial charge on any atom is -0.461 e. The standard InChI is InChI=1S/C17H24N2O4/c20-15(14-5-4-10-23-14)16(21)18-17(6-2-1-3-7-17)13-19-8-11-22-12-9-19/h4-5,10H,1-3,6-9,11-13H2,(H,18,21). The Kier molecular flexibility index (Phi) is 5.13. The number of nitrogens with one attached hydrogen (secondary N) is 1. The first-order chi connectivity index (χ1) is 11.2. The SMILES string of the molecule is O=C(NC1(CN2CCOCC2)CCCCC1)C(=O)c1ccco1. The zero-order valence-corrected chi connectivity index (χ0v) is 13.4. The highest BCUT2D eigenvalue weighted by molar-refractivity contribution is 6.42. The summed E-state index contributed by atoms with van der Waals surface area (Å²) >= 11 is 0. The summed E-state index contributed by atoms with van der Waals surface area (Å²) in [7, 11) is 0. The van der Waals surface area contributed by atoms with E-state index in [1.165, 1.54) is 18.8 Å². The predicted molar refractivity (Wildman–Crippen MR) is 84.3 cm³/mol. The highest BCUT2D eigenvalue weighted by atomic mass is 16.5. The summed E-state index contributed by atoms with van der Waals surface area (Å²) in [4.78, 5) is 26.9. The zero-order chi connectivity index (χ0) is 16.1. The first kappa shape index (κ1) is 16.2. The quantitative estimate of drug-likeness (QED) is 0.659. The van der Waals surface area contributed by atoms with Gasteiger partial charge in [0.05, 0.1) is 25.0 Å². The summed E-state index contributed by atoms with van der Waals surface area (Å²) in [5.74, 6) is -1.06. The Bertz CT molecular complexity index is 529. The van der Waals surface area contributed by atoms with Crippen LogP contribution in [-0.2, 0) is 9.53 Å². The Morgan fingerprint density at radius 3 is 2.57 bits per heavy atom. The number of ether oxygens (including phenoxy) is 1. The maximum absolute atomic E-state index is 12.4. The molecule has 6 heteroatoms. The minimum absolute atomic E-state index is 0.0971. The van der Waals surface area contributed by atoms with Crippen LogP contribution in [0, 0.1) is 0 Å². The highest BCUT2D eigenvalue weighted by Gasteiger charge is 2.37. The largest absolute Gasteiger partial charge is 0.461 e. The van der Waals surface area contributed by atoms with Gasteiger partial charge in [-0.3, -0.25) is 14.5 Å². The molecule has 1 aromatic rings.